The van der Waals surface area contributed by atoms with Gasteiger partial charge in [-0.2, -0.15) is 0 Å². The van der Waals surface area contributed by atoms with Gasteiger partial charge in [0.1, 0.15) is 0 Å². The summed E-state index contributed by atoms with van der Waals surface area (Å²) in [5, 5.41) is 3.51. The molecule has 1 amide bonds. The molecule has 0 aromatic carbocycles. The van der Waals surface area contributed by atoms with Crippen molar-refractivity contribution >= 4 is 5.91 Å². The first kappa shape index (κ1) is 12.8. The maximum Gasteiger partial charge on any atom is 0.236 e. The Hall–Kier alpha value is -0.610. The maximum absolute atomic E-state index is 11.9. The van der Waals surface area contributed by atoms with E-state index in [-0.39, 0.29) is 0 Å². The van der Waals surface area contributed by atoms with E-state index < -0.39 is 0 Å². The number of likely N-dealkylation sites (tertiary alicyclic amines) is 1. The number of nitrogens with one attached hydrogen (secondary N) is 1. The predicted octanol–water partition coefficient (Wildman–Crippen LogP) is 0.683. The molecule has 1 unspecified atom stereocenters. The quantitative estimate of drug-likeness (QED) is 0.740. The third-order valence-electron chi connectivity index (χ3n) is 3.75. The number of hydrogen-bond acceptors (Lipinski definition) is 3. The van der Waals surface area contributed by atoms with Gasteiger partial charge in [0.25, 0.3) is 0 Å². The Morgan fingerprint density at radius 1 is 1.41 bits per heavy atom. The topological polar surface area (TPSA) is 35.6 Å². The summed E-state index contributed by atoms with van der Waals surface area (Å²) in [4.78, 5) is 16.2. The summed E-state index contributed by atoms with van der Waals surface area (Å²) in [7, 11) is 0. The van der Waals surface area contributed by atoms with Crippen LogP contribution in [0.15, 0.2) is 0 Å². The van der Waals surface area contributed by atoms with Gasteiger partial charge in [0, 0.05) is 25.7 Å². The number of carbonyl (C=O) groups excluding carboxylic acids is 1. The molecule has 98 valence electrons. The Balaban J connectivity index is 1.76. The van der Waals surface area contributed by atoms with Gasteiger partial charge in [-0.05, 0) is 38.8 Å². The summed E-state index contributed by atoms with van der Waals surface area (Å²) in [6.07, 6.45) is 4.85. The smallest absolute Gasteiger partial charge is 0.236 e. The molecule has 1 atom stereocenters. The number of amides is 1. The molecule has 1 N–H and O–H groups in total. The number of rotatable bonds is 6. The lowest BCUT2D eigenvalue weighted by atomic mass is 10.2. The van der Waals surface area contributed by atoms with Gasteiger partial charge in [-0.3, -0.25) is 9.69 Å². The SMILES string of the molecule is CCCN(CC(=O)N1CCC1)CC1CCCN1. The van der Waals surface area contributed by atoms with Gasteiger partial charge in [-0.15, -0.1) is 0 Å². The minimum absolute atomic E-state index is 0.322. The van der Waals surface area contributed by atoms with Crippen LogP contribution in [0.1, 0.15) is 32.6 Å². The van der Waals surface area contributed by atoms with E-state index in [1.807, 2.05) is 4.90 Å². The molecule has 2 saturated heterocycles. The highest BCUT2D eigenvalue weighted by Gasteiger charge is 2.24. The normalized spacial score (nSPS) is 24.1. The highest BCUT2D eigenvalue weighted by Crippen LogP contribution is 2.10. The zero-order valence-corrected chi connectivity index (χ0v) is 11.0. The van der Waals surface area contributed by atoms with Crippen molar-refractivity contribution in [3.8, 4) is 0 Å². The van der Waals surface area contributed by atoms with Crippen molar-refractivity contribution in [2.45, 2.75) is 38.6 Å². The molecule has 0 aromatic heterocycles. The number of hydrogen-bond donors (Lipinski definition) is 1. The second kappa shape index (κ2) is 6.36. The average Bonchev–Trinajstić information content (AvgIpc) is 2.67. The van der Waals surface area contributed by atoms with Crippen molar-refractivity contribution in [2.24, 2.45) is 0 Å². The van der Waals surface area contributed by atoms with Crippen LogP contribution >= 0.6 is 0 Å². The Morgan fingerprint density at radius 2 is 2.24 bits per heavy atom. The molecule has 0 saturated carbocycles. The molecular weight excluding hydrogens is 214 g/mol. The van der Waals surface area contributed by atoms with Crippen LogP contribution in [0.3, 0.4) is 0 Å². The summed E-state index contributed by atoms with van der Waals surface area (Å²) < 4.78 is 0. The molecule has 0 spiro atoms. The lowest BCUT2D eigenvalue weighted by molar-refractivity contribution is -0.135. The van der Waals surface area contributed by atoms with Crippen LogP contribution < -0.4 is 5.32 Å². The van der Waals surface area contributed by atoms with E-state index in [2.05, 4.69) is 17.1 Å². The van der Waals surface area contributed by atoms with Crippen molar-refractivity contribution in [2.75, 3.05) is 39.3 Å². The molecule has 0 aliphatic carbocycles. The van der Waals surface area contributed by atoms with Crippen molar-refractivity contribution in [3.05, 3.63) is 0 Å². The Bertz CT molecular complexity index is 247. The molecule has 17 heavy (non-hydrogen) atoms. The molecule has 4 heteroatoms. The largest absolute Gasteiger partial charge is 0.341 e. The zero-order valence-electron chi connectivity index (χ0n) is 11.0. The molecular formula is C13H25N3O. The van der Waals surface area contributed by atoms with E-state index in [1.54, 1.807) is 0 Å². The fourth-order valence-corrected chi connectivity index (χ4v) is 2.63. The maximum atomic E-state index is 11.9. The molecule has 2 fully saturated rings. The van der Waals surface area contributed by atoms with Crippen LogP contribution in [0, 0.1) is 0 Å². The third-order valence-corrected chi connectivity index (χ3v) is 3.75. The number of nitrogens with zero attached hydrogens (tertiary/aromatic N) is 2. The van der Waals surface area contributed by atoms with Crippen LogP contribution in [0.5, 0.6) is 0 Å². The van der Waals surface area contributed by atoms with E-state index in [9.17, 15) is 4.79 Å². The van der Waals surface area contributed by atoms with Crippen molar-refractivity contribution in [1.82, 2.24) is 15.1 Å². The van der Waals surface area contributed by atoms with Gasteiger partial charge in [-0.25, -0.2) is 0 Å². The van der Waals surface area contributed by atoms with E-state index in [4.69, 9.17) is 0 Å². The Labute approximate surface area is 104 Å². The van der Waals surface area contributed by atoms with E-state index in [1.165, 1.54) is 19.3 Å². The van der Waals surface area contributed by atoms with E-state index in [0.717, 1.165) is 39.1 Å². The van der Waals surface area contributed by atoms with Gasteiger partial charge >= 0.3 is 0 Å². The second-order valence-electron chi connectivity index (χ2n) is 5.26. The van der Waals surface area contributed by atoms with Crippen molar-refractivity contribution in [3.63, 3.8) is 0 Å². The first-order chi connectivity index (χ1) is 8.29. The molecule has 4 nitrogen and oxygen atoms in total. The lowest BCUT2D eigenvalue weighted by Gasteiger charge is -2.34. The minimum atomic E-state index is 0.322. The van der Waals surface area contributed by atoms with E-state index >= 15 is 0 Å². The fraction of sp³-hybridized carbons (Fsp3) is 0.923. The van der Waals surface area contributed by atoms with Gasteiger partial charge in [0.15, 0.2) is 0 Å². The van der Waals surface area contributed by atoms with Crippen LogP contribution in [0.2, 0.25) is 0 Å². The fourth-order valence-electron chi connectivity index (χ4n) is 2.63. The zero-order chi connectivity index (χ0) is 12.1. The highest BCUT2D eigenvalue weighted by atomic mass is 16.2. The third kappa shape index (κ3) is 3.68. The highest BCUT2D eigenvalue weighted by molar-refractivity contribution is 5.78. The van der Waals surface area contributed by atoms with Gasteiger partial charge < -0.3 is 10.2 Å². The summed E-state index contributed by atoms with van der Waals surface area (Å²) in [5.74, 6) is 0.322. The summed E-state index contributed by atoms with van der Waals surface area (Å²) in [6, 6.07) is 0.603. The molecule has 0 aromatic rings. The second-order valence-corrected chi connectivity index (χ2v) is 5.26. The monoisotopic (exact) mass is 239 g/mol. The predicted molar refractivity (Wildman–Crippen MR) is 69.0 cm³/mol. The van der Waals surface area contributed by atoms with Crippen molar-refractivity contribution < 1.29 is 4.79 Å². The Kier molecular flexibility index (Phi) is 4.80. The first-order valence-electron chi connectivity index (χ1n) is 7.03. The first-order valence-corrected chi connectivity index (χ1v) is 7.03. The van der Waals surface area contributed by atoms with Crippen molar-refractivity contribution in [1.29, 1.82) is 0 Å². The molecule has 0 bridgehead atoms. The van der Waals surface area contributed by atoms with Gasteiger partial charge in [0.2, 0.25) is 5.91 Å². The number of carbonyl (C=O) groups is 1. The molecule has 0 radical (unpaired) electrons. The standard InChI is InChI=1S/C13H25N3O/c1-2-7-15(10-12-5-3-6-14-12)11-13(17)16-8-4-9-16/h12,14H,2-11H2,1H3. The Morgan fingerprint density at radius 3 is 2.76 bits per heavy atom. The van der Waals surface area contributed by atoms with Crippen LogP contribution in [0.4, 0.5) is 0 Å². The van der Waals surface area contributed by atoms with E-state index in [0.29, 0.717) is 18.5 Å². The van der Waals surface area contributed by atoms with Crippen LogP contribution in [0.25, 0.3) is 0 Å². The van der Waals surface area contributed by atoms with Crippen LogP contribution in [-0.4, -0.2) is 61.0 Å². The van der Waals surface area contributed by atoms with Gasteiger partial charge in [0.05, 0.1) is 6.54 Å². The minimum Gasteiger partial charge on any atom is -0.341 e. The summed E-state index contributed by atoms with van der Waals surface area (Å²) >= 11 is 0. The summed E-state index contributed by atoms with van der Waals surface area (Å²) in [5.41, 5.74) is 0. The molecule has 2 heterocycles. The molecule has 2 aliphatic heterocycles. The summed E-state index contributed by atoms with van der Waals surface area (Å²) in [6.45, 7) is 7.96. The van der Waals surface area contributed by atoms with Crippen LogP contribution in [-0.2, 0) is 4.79 Å². The molecule has 2 aliphatic rings. The molecule has 2 rings (SSSR count). The lowest BCUT2D eigenvalue weighted by Crippen LogP contribution is -2.49. The average molecular weight is 239 g/mol. The van der Waals surface area contributed by atoms with Gasteiger partial charge in [-0.1, -0.05) is 6.92 Å².